The number of aliphatic hydroxyl groups excluding tert-OH is 1. The second kappa shape index (κ2) is 4.69. The summed E-state index contributed by atoms with van der Waals surface area (Å²) in [5.41, 5.74) is 1.38. The van der Waals surface area contributed by atoms with Crippen LogP contribution < -0.4 is 0 Å². The first-order valence-corrected chi connectivity index (χ1v) is 9.27. The molecule has 3 saturated carbocycles. The number of rotatable bonds is 0. The second-order valence-electron chi connectivity index (χ2n) is 9.11. The minimum atomic E-state index is -0.0887. The van der Waals surface area contributed by atoms with Gasteiger partial charge in [-0.15, -0.1) is 0 Å². The molecule has 122 valence electrons. The molecule has 0 spiro atoms. The van der Waals surface area contributed by atoms with Crippen molar-refractivity contribution in [1.82, 2.24) is 0 Å². The molecule has 0 aliphatic heterocycles. The van der Waals surface area contributed by atoms with Gasteiger partial charge in [0.15, 0.2) is 5.78 Å². The van der Waals surface area contributed by atoms with Crippen molar-refractivity contribution in [2.75, 3.05) is 0 Å². The van der Waals surface area contributed by atoms with E-state index in [2.05, 4.69) is 19.9 Å². The Hall–Kier alpha value is -0.630. The summed E-state index contributed by atoms with van der Waals surface area (Å²) in [6.07, 6.45) is 10.1. The van der Waals surface area contributed by atoms with Gasteiger partial charge in [0.05, 0.1) is 6.10 Å². The molecule has 0 radical (unpaired) electrons. The number of allylic oxidation sites excluding steroid dienone is 2. The Balaban J connectivity index is 1.70. The average molecular weight is 302 g/mol. The number of aliphatic hydroxyl groups is 1. The van der Waals surface area contributed by atoms with Crippen LogP contribution in [0.25, 0.3) is 0 Å². The lowest BCUT2D eigenvalue weighted by atomic mass is 9.46. The Kier molecular flexibility index (Phi) is 3.18. The highest BCUT2D eigenvalue weighted by atomic mass is 16.3. The second-order valence-corrected chi connectivity index (χ2v) is 9.11. The molecule has 0 amide bonds. The highest BCUT2D eigenvalue weighted by molar-refractivity contribution is 5.96. The van der Waals surface area contributed by atoms with E-state index < -0.39 is 0 Å². The van der Waals surface area contributed by atoms with Gasteiger partial charge in [-0.1, -0.05) is 19.9 Å². The van der Waals surface area contributed by atoms with Gasteiger partial charge >= 0.3 is 0 Å². The van der Waals surface area contributed by atoms with Crippen LogP contribution in [-0.4, -0.2) is 17.0 Å². The van der Waals surface area contributed by atoms with Crippen LogP contribution in [0.5, 0.6) is 0 Å². The molecule has 4 aliphatic carbocycles. The molecular weight excluding hydrogens is 272 g/mol. The first-order chi connectivity index (χ1) is 10.4. The van der Waals surface area contributed by atoms with Crippen LogP contribution in [0.3, 0.4) is 0 Å². The van der Waals surface area contributed by atoms with E-state index in [1.54, 1.807) is 0 Å². The molecule has 1 N–H and O–H groups in total. The summed E-state index contributed by atoms with van der Waals surface area (Å²) in [4.78, 5) is 12.1. The third-order valence-corrected chi connectivity index (χ3v) is 8.31. The molecule has 7 atom stereocenters. The van der Waals surface area contributed by atoms with Crippen molar-refractivity contribution >= 4 is 5.78 Å². The third kappa shape index (κ3) is 1.79. The van der Waals surface area contributed by atoms with E-state index in [0.717, 1.165) is 30.3 Å². The molecular formula is C20H30O2. The summed E-state index contributed by atoms with van der Waals surface area (Å²) in [6, 6.07) is 0. The minimum Gasteiger partial charge on any atom is -0.393 e. The van der Waals surface area contributed by atoms with E-state index in [1.807, 2.05) is 6.92 Å². The first-order valence-electron chi connectivity index (χ1n) is 9.27. The number of ketones is 1. The van der Waals surface area contributed by atoms with Gasteiger partial charge in [0.1, 0.15) is 0 Å². The van der Waals surface area contributed by atoms with Gasteiger partial charge in [-0.2, -0.15) is 0 Å². The maximum absolute atomic E-state index is 12.1. The number of Topliss-reactive ketones (excluding diaryl/α,β-unsaturated/α-hetero) is 1. The zero-order valence-electron chi connectivity index (χ0n) is 14.3. The Morgan fingerprint density at radius 2 is 1.86 bits per heavy atom. The smallest absolute Gasteiger partial charge is 0.158 e. The quantitative estimate of drug-likeness (QED) is 0.730. The van der Waals surface area contributed by atoms with Crippen molar-refractivity contribution in [2.45, 2.75) is 71.8 Å². The summed E-state index contributed by atoms with van der Waals surface area (Å²) in [7, 11) is 0. The van der Waals surface area contributed by atoms with Crippen LogP contribution >= 0.6 is 0 Å². The molecule has 0 bridgehead atoms. The standard InChI is InChI=1S/C20H30O2/c1-12-11-20(3)13(10-17(12)21)4-5-14-15-6-7-18(22)19(15,2)9-8-16(14)20/h11,13-16,18,22H,4-10H2,1-3H3/t13-,14+,15+,16+,18+,19+,20+/m1/s1. The van der Waals surface area contributed by atoms with E-state index in [1.165, 1.54) is 32.1 Å². The summed E-state index contributed by atoms with van der Waals surface area (Å²) in [5.74, 6) is 3.11. The Morgan fingerprint density at radius 1 is 1.09 bits per heavy atom. The molecule has 0 saturated heterocycles. The van der Waals surface area contributed by atoms with Gasteiger partial charge in [0.25, 0.3) is 0 Å². The number of carbonyl (C=O) groups is 1. The van der Waals surface area contributed by atoms with Gasteiger partial charge in [-0.05, 0) is 85.5 Å². The molecule has 3 fully saturated rings. The fourth-order valence-corrected chi connectivity index (χ4v) is 6.92. The lowest BCUT2D eigenvalue weighted by Gasteiger charge is -2.58. The van der Waals surface area contributed by atoms with E-state index in [4.69, 9.17) is 0 Å². The van der Waals surface area contributed by atoms with Crippen molar-refractivity contribution < 1.29 is 9.90 Å². The fraction of sp³-hybridized carbons (Fsp3) is 0.850. The van der Waals surface area contributed by atoms with Crippen LogP contribution in [-0.2, 0) is 4.79 Å². The van der Waals surface area contributed by atoms with E-state index in [0.29, 0.717) is 17.6 Å². The van der Waals surface area contributed by atoms with Crippen molar-refractivity contribution in [3.63, 3.8) is 0 Å². The van der Waals surface area contributed by atoms with Crippen molar-refractivity contribution in [1.29, 1.82) is 0 Å². The molecule has 0 aromatic heterocycles. The highest BCUT2D eigenvalue weighted by Gasteiger charge is 2.59. The van der Waals surface area contributed by atoms with Crippen molar-refractivity contribution in [3.8, 4) is 0 Å². The Bertz CT molecular complexity index is 536. The van der Waals surface area contributed by atoms with Crippen LogP contribution in [0, 0.1) is 34.5 Å². The predicted molar refractivity (Wildman–Crippen MR) is 87.3 cm³/mol. The molecule has 2 nitrogen and oxygen atoms in total. The molecule has 4 aliphatic rings. The largest absolute Gasteiger partial charge is 0.393 e. The highest BCUT2D eigenvalue weighted by Crippen LogP contribution is 2.65. The topological polar surface area (TPSA) is 37.3 Å². The van der Waals surface area contributed by atoms with Crippen LogP contribution in [0.2, 0.25) is 0 Å². The molecule has 2 heteroatoms. The predicted octanol–water partition coefficient (Wildman–Crippen LogP) is 4.13. The minimum absolute atomic E-state index is 0.0887. The number of hydrogen-bond donors (Lipinski definition) is 1. The van der Waals surface area contributed by atoms with E-state index >= 15 is 0 Å². The molecule has 4 rings (SSSR count). The fourth-order valence-electron chi connectivity index (χ4n) is 6.92. The Labute approximate surface area is 134 Å². The first kappa shape index (κ1) is 14.9. The zero-order valence-corrected chi connectivity index (χ0v) is 14.3. The molecule has 0 heterocycles. The van der Waals surface area contributed by atoms with Gasteiger partial charge in [-0.25, -0.2) is 0 Å². The van der Waals surface area contributed by atoms with E-state index in [9.17, 15) is 9.90 Å². The van der Waals surface area contributed by atoms with Gasteiger partial charge in [0.2, 0.25) is 0 Å². The number of fused-ring (bicyclic) bond motifs is 5. The van der Waals surface area contributed by atoms with Crippen LogP contribution in [0.15, 0.2) is 11.6 Å². The normalized spacial score (nSPS) is 54.3. The van der Waals surface area contributed by atoms with Crippen molar-refractivity contribution in [3.05, 3.63) is 11.6 Å². The summed E-state index contributed by atoms with van der Waals surface area (Å²) < 4.78 is 0. The number of carbonyl (C=O) groups excluding carboxylic acids is 1. The maximum Gasteiger partial charge on any atom is 0.158 e. The molecule has 22 heavy (non-hydrogen) atoms. The third-order valence-electron chi connectivity index (χ3n) is 8.31. The monoisotopic (exact) mass is 302 g/mol. The summed E-state index contributed by atoms with van der Waals surface area (Å²) in [5, 5.41) is 10.5. The maximum atomic E-state index is 12.1. The zero-order chi connectivity index (χ0) is 15.7. The average Bonchev–Trinajstić information content (AvgIpc) is 2.77. The summed E-state index contributed by atoms with van der Waals surface area (Å²) in [6.45, 7) is 6.78. The van der Waals surface area contributed by atoms with Crippen LogP contribution in [0.4, 0.5) is 0 Å². The molecule has 0 aromatic carbocycles. The van der Waals surface area contributed by atoms with Gasteiger partial charge < -0.3 is 5.11 Å². The SMILES string of the molecule is CC1=C[C@@]2(C)[C@H](CC[C@@H]3[C@@H]2CC[C@]2(C)[C@@H](O)CC[C@@H]32)CC1=O. The van der Waals surface area contributed by atoms with Crippen LogP contribution in [0.1, 0.15) is 65.7 Å². The lowest BCUT2D eigenvalue weighted by Crippen LogP contribution is -2.53. The van der Waals surface area contributed by atoms with Gasteiger partial charge in [0, 0.05) is 6.42 Å². The van der Waals surface area contributed by atoms with Gasteiger partial charge in [-0.3, -0.25) is 4.79 Å². The summed E-state index contributed by atoms with van der Waals surface area (Å²) >= 11 is 0. The van der Waals surface area contributed by atoms with Crippen molar-refractivity contribution in [2.24, 2.45) is 34.5 Å². The lowest BCUT2D eigenvalue weighted by molar-refractivity contribution is -0.125. The number of hydrogen-bond acceptors (Lipinski definition) is 2. The Morgan fingerprint density at radius 3 is 2.64 bits per heavy atom. The van der Waals surface area contributed by atoms with E-state index in [-0.39, 0.29) is 16.9 Å². The molecule has 0 unspecified atom stereocenters. The molecule has 0 aromatic rings.